The normalized spacial score (nSPS) is 11.8. The molecule has 0 fully saturated rings. The predicted octanol–water partition coefficient (Wildman–Crippen LogP) is 1.96. The first kappa shape index (κ1) is 13.2. The number of carbonyl (C=O) groups excluding carboxylic acids is 1. The summed E-state index contributed by atoms with van der Waals surface area (Å²) in [6.07, 6.45) is -1.04. The highest BCUT2D eigenvalue weighted by molar-refractivity contribution is 5.98. The molecule has 0 unspecified atom stereocenters. The van der Waals surface area contributed by atoms with E-state index in [2.05, 4.69) is 20.3 Å². The van der Waals surface area contributed by atoms with Gasteiger partial charge in [0.2, 0.25) is 0 Å². The van der Waals surface area contributed by atoms with Gasteiger partial charge < -0.3 is 0 Å². The van der Waals surface area contributed by atoms with Crippen LogP contribution in [-0.2, 0) is 0 Å². The monoisotopic (exact) mass is 293 g/mol. The summed E-state index contributed by atoms with van der Waals surface area (Å²) in [5.74, 6) is -2.03. The van der Waals surface area contributed by atoms with Gasteiger partial charge >= 0.3 is 6.18 Å². The van der Waals surface area contributed by atoms with E-state index in [1.54, 1.807) is 18.2 Å². The summed E-state index contributed by atoms with van der Waals surface area (Å²) in [6, 6.07) is 4.82. The molecular formula is C12H6F3N5O. The fourth-order valence-electron chi connectivity index (χ4n) is 1.73. The smallest absolute Gasteiger partial charge is 0.282 e. The van der Waals surface area contributed by atoms with Crippen molar-refractivity contribution in [3.8, 4) is 5.69 Å². The molecule has 0 spiro atoms. The van der Waals surface area contributed by atoms with Crippen LogP contribution in [0.4, 0.5) is 13.2 Å². The zero-order chi connectivity index (χ0) is 15.0. The van der Waals surface area contributed by atoms with Crippen LogP contribution in [-0.4, -0.2) is 36.9 Å². The number of fused-ring (bicyclic) bond motifs is 1. The topological polar surface area (TPSA) is 73.6 Å². The minimum atomic E-state index is -4.98. The Morgan fingerprint density at radius 3 is 2.52 bits per heavy atom. The van der Waals surface area contributed by atoms with Crippen LogP contribution in [0.15, 0.2) is 36.8 Å². The van der Waals surface area contributed by atoms with Gasteiger partial charge in [-0.3, -0.25) is 14.8 Å². The Morgan fingerprint density at radius 2 is 1.81 bits per heavy atom. The maximum Gasteiger partial charge on any atom is 0.456 e. The van der Waals surface area contributed by atoms with Crippen molar-refractivity contribution in [2.24, 2.45) is 0 Å². The SMILES string of the molecule is O=C(c1cn(-c2ccc3nccnc3c2)nn1)C(F)(F)F. The lowest BCUT2D eigenvalue weighted by Crippen LogP contribution is -2.23. The fourth-order valence-corrected chi connectivity index (χ4v) is 1.73. The summed E-state index contributed by atoms with van der Waals surface area (Å²) in [5, 5.41) is 6.77. The van der Waals surface area contributed by atoms with E-state index in [1.165, 1.54) is 12.4 Å². The fraction of sp³-hybridized carbons (Fsp3) is 0.0833. The van der Waals surface area contributed by atoms with Gasteiger partial charge in [-0.15, -0.1) is 5.10 Å². The van der Waals surface area contributed by atoms with Crippen molar-refractivity contribution < 1.29 is 18.0 Å². The van der Waals surface area contributed by atoms with Crippen molar-refractivity contribution >= 4 is 16.8 Å². The van der Waals surface area contributed by atoms with Crippen molar-refractivity contribution in [3.63, 3.8) is 0 Å². The van der Waals surface area contributed by atoms with E-state index >= 15 is 0 Å². The van der Waals surface area contributed by atoms with Gasteiger partial charge in [-0.25, -0.2) is 4.68 Å². The lowest BCUT2D eigenvalue weighted by Gasteiger charge is -2.02. The predicted molar refractivity (Wildman–Crippen MR) is 64.8 cm³/mol. The highest BCUT2D eigenvalue weighted by atomic mass is 19.4. The molecule has 106 valence electrons. The molecule has 0 radical (unpaired) electrons. The van der Waals surface area contributed by atoms with Gasteiger partial charge in [-0.2, -0.15) is 13.2 Å². The molecule has 2 heterocycles. The quantitative estimate of drug-likeness (QED) is 0.675. The van der Waals surface area contributed by atoms with E-state index < -0.39 is 17.7 Å². The van der Waals surface area contributed by atoms with E-state index in [0.29, 0.717) is 16.7 Å². The van der Waals surface area contributed by atoms with Crippen LogP contribution in [0.1, 0.15) is 10.5 Å². The lowest BCUT2D eigenvalue weighted by molar-refractivity contribution is -0.0888. The molecule has 3 rings (SSSR count). The van der Waals surface area contributed by atoms with Gasteiger partial charge in [-0.1, -0.05) is 5.21 Å². The molecule has 21 heavy (non-hydrogen) atoms. The first-order valence-corrected chi connectivity index (χ1v) is 5.70. The Bertz CT molecular complexity index is 827. The minimum absolute atomic E-state index is 0.428. The van der Waals surface area contributed by atoms with E-state index in [9.17, 15) is 18.0 Å². The molecule has 0 amide bonds. The lowest BCUT2D eigenvalue weighted by atomic mass is 10.2. The number of halogens is 3. The number of rotatable bonds is 2. The average molecular weight is 293 g/mol. The van der Waals surface area contributed by atoms with Crippen molar-refractivity contribution in [1.29, 1.82) is 0 Å². The maximum atomic E-state index is 12.3. The third-order valence-electron chi connectivity index (χ3n) is 2.70. The van der Waals surface area contributed by atoms with Gasteiger partial charge in [0, 0.05) is 12.4 Å². The van der Waals surface area contributed by atoms with Crippen LogP contribution < -0.4 is 0 Å². The Kier molecular flexibility index (Phi) is 2.89. The van der Waals surface area contributed by atoms with Crippen molar-refractivity contribution in [2.75, 3.05) is 0 Å². The number of benzene rings is 1. The first-order valence-electron chi connectivity index (χ1n) is 5.70. The molecule has 0 bridgehead atoms. The number of carbonyl (C=O) groups is 1. The number of nitrogens with zero attached hydrogens (tertiary/aromatic N) is 5. The summed E-state index contributed by atoms with van der Waals surface area (Å²) in [4.78, 5) is 19.2. The highest BCUT2D eigenvalue weighted by Crippen LogP contribution is 2.21. The minimum Gasteiger partial charge on any atom is -0.282 e. The maximum absolute atomic E-state index is 12.3. The van der Waals surface area contributed by atoms with Crippen molar-refractivity contribution in [1.82, 2.24) is 25.0 Å². The summed E-state index contributed by atoms with van der Waals surface area (Å²) in [7, 11) is 0. The number of aromatic nitrogens is 5. The Labute approximate surface area is 115 Å². The highest BCUT2D eigenvalue weighted by Gasteiger charge is 2.41. The van der Waals surface area contributed by atoms with Gasteiger partial charge in [0.05, 0.1) is 22.9 Å². The molecule has 0 saturated heterocycles. The summed E-state index contributed by atoms with van der Waals surface area (Å²) >= 11 is 0. The molecular weight excluding hydrogens is 287 g/mol. The Balaban J connectivity index is 2.00. The molecule has 0 N–H and O–H groups in total. The average Bonchev–Trinajstić information content (AvgIpc) is 2.94. The number of alkyl halides is 3. The third-order valence-corrected chi connectivity index (χ3v) is 2.70. The zero-order valence-corrected chi connectivity index (χ0v) is 10.2. The summed E-state index contributed by atoms with van der Waals surface area (Å²) in [6.45, 7) is 0. The largest absolute Gasteiger partial charge is 0.456 e. The number of hydrogen-bond acceptors (Lipinski definition) is 5. The van der Waals surface area contributed by atoms with E-state index in [-0.39, 0.29) is 0 Å². The summed E-state index contributed by atoms with van der Waals surface area (Å²) in [5.41, 5.74) is 0.848. The second-order valence-electron chi connectivity index (χ2n) is 4.10. The van der Waals surface area contributed by atoms with Crippen molar-refractivity contribution in [2.45, 2.75) is 6.18 Å². The second kappa shape index (κ2) is 4.62. The molecule has 1 aromatic carbocycles. The van der Waals surface area contributed by atoms with E-state index in [0.717, 1.165) is 10.9 Å². The first-order chi connectivity index (χ1) is 9.95. The number of hydrogen-bond donors (Lipinski definition) is 0. The molecule has 9 heteroatoms. The van der Waals surface area contributed by atoms with Crippen LogP contribution in [0.5, 0.6) is 0 Å². The van der Waals surface area contributed by atoms with Crippen LogP contribution in [0.25, 0.3) is 16.7 Å². The van der Waals surface area contributed by atoms with Crippen LogP contribution in [0.2, 0.25) is 0 Å². The third kappa shape index (κ3) is 2.45. The van der Waals surface area contributed by atoms with Crippen LogP contribution in [0.3, 0.4) is 0 Å². The number of Topliss-reactive ketones (excluding diaryl/α,β-unsaturated/α-hetero) is 1. The van der Waals surface area contributed by atoms with E-state index in [4.69, 9.17) is 0 Å². The zero-order valence-electron chi connectivity index (χ0n) is 10.2. The Morgan fingerprint density at radius 1 is 1.10 bits per heavy atom. The van der Waals surface area contributed by atoms with Gasteiger partial charge in [0.15, 0.2) is 5.69 Å². The van der Waals surface area contributed by atoms with Gasteiger partial charge in [-0.05, 0) is 18.2 Å². The molecule has 0 saturated carbocycles. The van der Waals surface area contributed by atoms with Crippen LogP contribution >= 0.6 is 0 Å². The molecule has 3 aromatic rings. The van der Waals surface area contributed by atoms with Crippen LogP contribution in [0, 0.1) is 0 Å². The standard InChI is InChI=1S/C12H6F3N5O/c13-12(14,15)11(21)10-6-20(19-18-10)7-1-2-8-9(5-7)17-4-3-16-8/h1-6H. The van der Waals surface area contributed by atoms with Crippen molar-refractivity contribution in [3.05, 3.63) is 42.5 Å². The summed E-state index contributed by atoms with van der Waals surface area (Å²) < 4.78 is 38.0. The molecule has 0 atom stereocenters. The van der Waals surface area contributed by atoms with Gasteiger partial charge in [0.1, 0.15) is 0 Å². The second-order valence-corrected chi connectivity index (χ2v) is 4.10. The molecule has 0 aliphatic rings. The molecule has 0 aliphatic heterocycles. The Hall–Kier alpha value is -2.84. The molecule has 0 aliphatic carbocycles. The molecule has 2 aromatic heterocycles. The van der Waals surface area contributed by atoms with E-state index in [1.807, 2.05) is 0 Å². The van der Waals surface area contributed by atoms with Gasteiger partial charge in [0.25, 0.3) is 5.78 Å². The molecule has 6 nitrogen and oxygen atoms in total. The number of ketones is 1.